The molecule has 0 unspecified atom stereocenters. The van der Waals surface area contributed by atoms with E-state index in [-0.39, 0.29) is 11.3 Å². The lowest BCUT2D eigenvalue weighted by atomic mass is 9.84. The summed E-state index contributed by atoms with van der Waals surface area (Å²) in [6.45, 7) is 4.69. The van der Waals surface area contributed by atoms with Gasteiger partial charge < -0.3 is 5.32 Å². The predicted molar refractivity (Wildman–Crippen MR) is 75.9 cm³/mol. The standard InChI is InChI=1S/C13H15BrN4O/c1-13(2,9-4-3-5-10(14)6-9)8-15-12(19)11-7-16-18-17-11/h3-7H,8H2,1-2H3,(H,15,19)(H,16,17,18). The van der Waals surface area contributed by atoms with Crippen molar-refractivity contribution in [2.45, 2.75) is 19.3 Å². The Labute approximate surface area is 119 Å². The van der Waals surface area contributed by atoms with Crippen LogP contribution in [0.1, 0.15) is 29.9 Å². The fourth-order valence-corrected chi connectivity index (χ4v) is 2.11. The van der Waals surface area contributed by atoms with Crippen LogP contribution in [0, 0.1) is 0 Å². The van der Waals surface area contributed by atoms with Gasteiger partial charge in [0, 0.05) is 16.4 Å². The molecule has 0 aliphatic heterocycles. The molecule has 1 aromatic carbocycles. The van der Waals surface area contributed by atoms with Gasteiger partial charge in [0.1, 0.15) is 0 Å². The summed E-state index contributed by atoms with van der Waals surface area (Å²) in [6.07, 6.45) is 1.40. The molecule has 6 heteroatoms. The molecule has 0 fully saturated rings. The molecule has 0 bridgehead atoms. The number of hydrogen-bond donors (Lipinski definition) is 2. The normalized spacial score (nSPS) is 11.3. The van der Waals surface area contributed by atoms with Crippen LogP contribution in [0.5, 0.6) is 0 Å². The van der Waals surface area contributed by atoms with Gasteiger partial charge in [0.25, 0.3) is 5.91 Å². The zero-order valence-corrected chi connectivity index (χ0v) is 12.4. The minimum absolute atomic E-state index is 0.164. The molecule has 0 aliphatic carbocycles. The fourth-order valence-electron chi connectivity index (χ4n) is 1.71. The number of nitrogens with one attached hydrogen (secondary N) is 2. The van der Waals surface area contributed by atoms with E-state index < -0.39 is 0 Å². The van der Waals surface area contributed by atoms with Crippen molar-refractivity contribution in [1.29, 1.82) is 0 Å². The number of carbonyl (C=O) groups excluding carboxylic acids is 1. The average Bonchev–Trinajstić information content (AvgIpc) is 2.90. The lowest BCUT2D eigenvalue weighted by molar-refractivity contribution is 0.0940. The first-order valence-corrected chi connectivity index (χ1v) is 6.68. The molecular weight excluding hydrogens is 308 g/mol. The molecule has 0 atom stereocenters. The number of hydrogen-bond acceptors (Lipinski definition) is 3. The van der Waals surface area contributed by atoms with E-state index in [4.69, 9.17) is 0 Å². The van der Waals surface area contributed by atoms with Crippen molar-refractivity contribution in [2.75, 3.05) is 6.54 Å². The van der Waals surface area contributed by atoms with Gasteiger partial charge >= 0.3 is 0 Å². The number of aromatic nitrogens is 3. The maximum atomic E-state index is 11.8. The molecule has 100 valence electrons. The van der Waals surface area contributed by atoms with Crippen LogP contribution in [-0.2, 0) is 5.41 Å². The second-order valence-corrected chi connectivity index (χ2v) is 5.85. The van der Waals surface area contributed by atoms with Crippen molar-refractivity contribution in [2.24, 2.45) is 0 Å². The highest BCUT2D eigenvalue weighted by Gasteiger charge is 2.22. The van der Waals surface area contributed by atoms with Crippen molar-refractivity contribution < 1.29 is 4.79 Å². The van der Waals surface area contributed by atoms with Crippen LogP contribution in [0.4, 0.5) is 0 Å². The van der Waals surface area contributed by atoms with Crippen LogP contribution in [0.25, 0.3) is 0 Å². The largest absolute Gasteiger partial charge is 0.350 e. The molecule has 0 aliphatic rings. The van der Waals surface area contributed by atoms with Crippen molar-refractivity contribution in [3.8, 4) is 0 Å². The van der Waals surface area contributed by atoms with Crippen LogP contribution in [0.15, 0.2) is 34.9 Å². The fraction of sp³-hybridized carbons (Fsp3) is 0.308. The van der Waals surface area contributed by atoms with Gasteiger partial charge in [-0.2, -0.15) is 15.4 Å². The first-order valence-electron chi connectivity index (χ1n) is 5.89. The highest BCUT2D eigenvalue weighted by Crippen LogP contribution is 2.25. The minimum atomic E-state index is -0.225. The zero-order valence-electron chi connectivity index (χ0n) is 10.8. The molecule has 0 radical (unpaired) electrons. The number of amides is 1. The zero-order chi connectivity index (χ0) is 13.9. The maximum Gasteiger partial charge on any atom is 0.273 e. The second kappa shape index (κ2) is 5.52. The van der Waals surface area contributed by atoms with Crippen LogP contribution < -0.4 is 5.32 Å². The van der Waals surface area contributed by atoms with E-state index in [0.29, 0.717) is 12.2 Å². The van der Waals surface area contributed by atoms with Gasteiger partial charge in [-0.05, 0) is 17.7 Å². The minimum Gasteiger partial charge on any atom is -0.350 e. The van der Waals surface area contributed by atoms with Crippen molar-refractivity contribution in [3.63, 3.8) is 0 Å². The molecule has 19 heavy (non-hydrogen) atoms. The number of carbonyl (C=O) groups is 1. The molecule has 2 aromatic rings. The third-order valence-electron chi connectivity index (χ3n) is 2.94. The molecule has 0 spiro atoms. The van der Waals surface area contributed by atoms with E-state index in [2.05, 4.69) is 56.6 Å². The lowest BCUT2D eigenvalue weighted by Gasteiger charge is -2.25. The summed E-state index contributed by atoms with van der Waals surface area (Å²) in [5.74, 6) is -0.225. The van der Waals surface area contributed by atoms with Gasteiger partial charge in [0.15, 0.2) is 5.69 Å². The highest BCUT2D eigenvalue weighted by atomic mass is 79.9. The van der Waals surface area contributed by atoms with Crippen LogP contribution >= 0.6 is 15.9 Å². The Bertz CT molecular complexity index is 566. The highest BCUT2D eigenvalue weighted by molar-refractivity contribution is 9.10. The van der Waals surface area contributed by atoms with Crippen molar-refractivity contribution in [3.05, 3.63) is 46.2 Å². The van der Waals surface area contributed by atoms with E-state index in [9.17, 15) is 4.79 Å². The van der Waals surface area contributed by atoms with Gasteiger partial charge in [-0.1, -0.05) is 41.9 Å². The Kier molecular flexibility index (Phi) is 3.99. The molecule has 1 heterocycles. The van der Waals surface area contributed by atoms with Crippen molar-refractivity contribution in [1.82, 2.24) is 20.7 Å². The predicted octanol–water partition coefficient (Wildman–Crippen LogP) is 2.27. The maximum absolute atomic E-state index is 11.8. The van der Waals surface area contributed by atoms with Crippen LogP contribution in [0.3, 0.4) is 0 Å². The van der Waals surface area contributed by atoms with E-state index in [0.717, 1.165) is 10.0 Å². The van der Waals surface area contributed by atoms with Gasteiger partial charge in [0.2, 0.25) is 0 Å². The first kappa shape index (κ1) is 13.7. The lowest BCUT2D eigenvalue weighted by Crippen LogP contribution is -2.36. The molecule has 5 nitrogen and oxygen atoms in total. The summed E-state index contributed by atoms with van der Waals surface area (Å²) in [6, 6.07) is 8.07. The van der Waals surface area contributed by atoms with Crippen LogP contribution in [-0.4, -0.2) is 27.9 Å². The topological polar surface area (TPSA) is 70.7 Å². The van der Waals surface area contributed by atoms with Gasteiger partial charge in [0.05, 0.1) is 6.20 Å². The summed E-state index contributed by atoms with van der Waals surface area (Å²) >= 11 is 3.46. The van der Waals surface area contributed by atoms with Gasteiger partial charge in [-0.25, -0.2) is 0 Å². The number of H-pyrrole nitrogens is 1. The number of nitrogens with zero attached hydrogens (tertiary/aromatic N) is 2. The average molecular weight is 323 g/mol. The van der Waals surface area contributed by atoms with E-state index in [1.807, 2.05) is 18.2 Å². The van der Waals surface area contributed by atoms with Crippen LogP contribution in [0.2, 0.25) is 0 Å². The summed E-state index contributed by atoms with van der Waals surface area (Å²) in [7, 11) is 0. The number of aromatic amines is 1. The molecule has 1 amide bonds. The molecule has 0 saturated heterocycles. The molecule has 1 aromatic heterocycles. The monoisotopic (exact) mass is 322 g/mol. The quantitative estimate of drug-likeness (QED) is 0.907. The van der Waals surface area contributed by atoms with E-state index in [1.165, 1.54) is 6.20 Å². The summed E-state index contributed by atoms with van der Waals surface area (Å²) in [5.41, 5.74) is 1.29. The molecule has 2 N–H and O–H groups in total. The number of rotatable bonds is 4. The third kappa shape index (κ3) is 3.41. The van der Waals surface area contributed by atoms with Crippen molar-refractivity contribution >= 4 is 21.8 Å². The van der Waals surface area contributed by atoms with Gasteiger partial charge in [-0.15, -0.1) is 0 Å². The Morgan fingerprint density at radius 2 is 2.26 bits per heavy atom. The molecule has 2 rings (SSSR count). The molecular formula is C13H15BrN4O. The molecule has 0 saturated carbocycles. The second-order valence-electron chi connectivity index (χ2n) is 4.93. The smallest absolute Gasteiger partial charge is 0.273 e. The van der Waals surface area contributed by atoms with Gasteiger partial charge in [-0.3, -0.25) is 4.79 Å². The summed E-state index contributed by atoms with van der Waals surface area (Å²) in [5, 5.41) is 12.6. The summed E-state index contributed by atoms with van der Waals surface area (Å²) in [4.78, 5) is 11.8. The van der Waals surface area contributed by atoms with E-state index in [1.54, 1.807) is 0 Å². The Balaban J connectivity index is 2.03. The SMILES string of the molecule is CC(C)(CNC(=O)c1cn[nH]n1)c1cccc(Br)c1. The number of halogens is 1. The summed E-state index contributed by atoms with van der Waals surface area (Å²) < 4.78 is 1.03. The third-order valence-corrected chi connectivity index (χ3v) is 3.44. The Hall–Kier alpha value is -1.69. The Morgan fingerprint density at radius 3 is 2.89 bits per heavy atom. The van der Waals surface area contributed by atoms with E-state index >= 15 is 0 Å². The first-order chi connectivity index (χ1) is 8.99. The Morgan fingerprint density at radius 1 is 1.47 bits per heavy atom. The number of benzene rings is 1.